The van der Waals surface area contributed by atoms with Gasteiger partial charge in [0.05, 0.1) is 5.69 Å². The molecule has 19 heavy (non-hydrogen) atoms. The third-order valence-corrected chi connectivity index (χ3v) is 4.49. The molecule has 0 atom stereocenters. The average molecular weight is 279 g/mol. The summed E-state index contributed by atoms with van der Waals surface area (Å²) in [5.41, 5.74) is 8.32. The number of nitrogens with two attached hydrogens (primary N) is 1. The summed E-state index contributed by atoms with van der Waals surface area (Å²) in [5, 5.41) is 8.36. The highest BCUT2D eigenvalue weighted by atomic mass is 32.1. The second-order valence-corrected chi connectivity index (χ2v) is 5.77. The number of fused-ring (bicyclic) bond motifs is 1. The van der Waals surface area contributed by atoms with E-state index in [9.17, 15) is 0 Å². The van der Waals surface area contributed by atoms with Crippen molar-refractivity contribution in [2.24, 2.45) is 5.73 Å². The van der Waals surface area contributed by atoms with Crippen LogP contribution in [0.5, 0.6) is 0 Å². The molecule has 3 N–H and O–H groups in total. The van der Waals surface area contributed by atoms with Gasteiger partial charge in [-0.05, 0) is 51.1 Å². The summed E-state index contributed by atoms with van der Waals surface area (Å²) in [6, 6.07) is 0. The maximum Gasteiger partial charge on any atom is 0.193 e. The first kappa shape index (κ1) is 12.9. The van der Waals surface area contributed by atoms with Gasteiger partial charge in [-0.3, -0.25) is 0 Å². The van der Waals surface area contributed by atoms with Gasteiger partial charge in [0.15, 0.2) is 5.11 Å². The lowest BCUT2D eigenvalue weighted by molar-refractivity contribution is 0.220. The SMILES string of the molecule is CCN1CCC(c2nn(C(N)=S)c3c2CCN3)CC1. The van der Waals surface area contributed by atoms with E-state index in [1.54, 1.807) is 4.68 Å². The first-order chi connectivity index (χ1) is 9.20. The van der Waals surface area contributed by atoms with Crippen LogP contribution < -0.4 is 11.1 Å². The van der Waals surface area contributed by atoms with Crippen molar-refractivity contribution < 1.29 is 0 Å². The van der Waals surface area contributed by atoms with E-state index in [-0.39, 0.29) is 0 Å². The molecule has 3 rings (SSSR count). The number of nitrogens with one attached hydrogen (secondary N) is 1. The Labute approximate surface area is 119 Å². The quantitative estimate of drug-likeness (QED) is 0.795. The van der Waals surface area contributed by atoms with E-state index in [0.717, 1.165) is 25.3 Å². The Balaban J connectivity index is 1.86. The lowest BCUT2D eigenvalue weighted by atomic mass is 9.91. The summed E-state index contributed by atoms with van der Waals surface area (Å²) < 4.78 is 1.71. The molecule has 1 aromatic heterocycles. The molecule has 0 radical (unpaired) electrons. The van der Waals surface area contributed by atoms with Gasteiger partial charge in [0.1, 0.15) is 5.82 Å². The number of hydrogen-bond donors (Lipinski definition) is 2. The van der Waals surface area contributed by atoms with Crippen molar-refractivity contribution in [1.29, 1.82) is 0 Å². The summed E-state index contributed by atoms with van der Waals surface area (Å²) in [6.45, 7) is 6.68. The van der Waals surface area contributed by atoms with E-state index in [1.165, 1.54) is 37.2 Å². The minimum Gasteiger partial charge on any atom is -0.374 e. The number of thiocarbonyl (C=S) groups is 1. The van der Waals surface area contributed by atoms with Crippen LogP contribution in [0.25, 0.3) is 0 Å². The van der Waals surface area contributed by atoms with Gasteiger partial charge in [-0.15, -0.1) is 0 Å². The van der Waals surface area contributed by atoms with Crippen LogP contribution in [0.2, 0.25) is 0 Å². The largest absolute Gasteiger partial charge is 0.374 e. The standard InChI is InChI=1S/C13H21N5S/c1-2-17-7-4-9(5-8-17)11-10-3-6-15-12(10)18(16-11)13(14)19/h9,15H,2-8H2,1H3,(H2,14,19). The second-order valence-electron chi connectivity index (χ2n) is 5.35. The van der Waals surface area contributed by atoms with Gasteiger partial charge >= 0.3 is 0 Å². The molecular weight excluding hydrogens is 258 g/mol. The van der Waals surface area contributed by atoms with Gasteiger partial charge in [-0.2, -0.15) is 9.78 Å². The van der Waals surface area contributed by atoms with Crippen LogP contribution in [0.3, 0.4) is 0 Å². The predicted molar refractivity (Wildman–Crippen MR) is 80.7 cm³/mol. The first-order valence-electron chi connectivity index (χ1n) is 7.08. The van der Waals surface area contributed by atoms with E-state index < -0.39 is 0 Å². The number of anilines is 1. The fourth-order valence-corrected chi connectivity index (χ4v) is 3.34. The van der Waals surface area contributed by atoms with Crippen molar-refractivity contribution in [2.75, 3.05) is 31.5 Å². The maximum absolute atomic E-state index is 5.76. The highest BCUT2D eigenvalue weighted by molar-refractivity contribution is 7.80. The fraction of sp³-hybridized carbons (Fsp3) is 0.692. The van der Waals surface area contributed by atoms with Crippen LogP contribution in [-0.2, 0) is 6.42 Å². The summed E-state index contributed by atoms with van der Waals surface area (Å²) in [7, 11) is 0. The average Bonchev–Trinajstić information content (AvgIpc) is 3.00. The third kappa shape index (κ3) is 2.23. The van der Waals surface area contributed by atoms with E-state index in [1.807, 2.05) is 0 Å². The number of piperidine rings is 1. The highest BCUT2D eigenvalue weighted by Gasteiger charge is 2.29. The Kier molecular flexibility index (Phi) is 3.45. The fourth-order valence-electron chi connectivity index (χ4n) is 3.21. The normalized spacial score (nSPS) is 20.3. The van der Waals surface area contributed by atoms with Gasteiger partial charge in [-0.25, -0.2) is 0 Å². The molecule has 2 aliphatic heterocycles. The Morgan fingerprint density at radius 3 is 2.84 bits per heavy atom. The zero-order chi connectivity index (χ0) is 13.4. The Morgan fingerprint density at radius 1 is 1.47 bits per heavy atom. The van der Waals surface area contributed by atoms with Gasteiger partial charge in [0.25, 0.3) is 0 Å². The second kappa shape index (κ2) is 5.09. The topological polar surface area (TPSA) is 59.1 Å². The molecule has 0 amide bonds. The minimum absolute atomic E-state index is 0.336. The molecule has 1 aromatic rings. The molecule has 0 aliphatic carbocycles. The van der Waals surface area contributed by atoms with E-state index >= 15 is 0 Å². The highest BCUT2D eigenvalue weighted by Crippen LogP contribution is 2.35. The lowest BCUT2D eigenvalue weighted by Crippen LogP contribution is -2.33. The van der Waals surface area contributed by atoms with Gasteiger partial charge in [-0.1, -0.05) is 6.92 Å². The molecular formula is C13H21N5S. The molecule has 0 aromatic carbocycles. The number of hydrogen-bond acceptors (Lipinski definition) is 4. The molecule has 1 saturated heterocycles. The number of likely N-dealkylation sites (tertiary alicyclic amines) is 1. The van der Waals surface area contributed by atoms with Crippen LogP contribution in [0.1, 0.15) is 36.9 Å². The molecule has 1 fully saturated rings. The van der Waals surface area contributed by atoms with E-state index in [2.05, 4.69) is 22.2 Å². The zero-order valence-electron chi connectivity index (χ0n) is 11.4. The number of rotatable bonds is 2. The Hall–Kier alpha value is -1.14. The van der Waals surface area contributed by atoms with Crippen LogP contribution in [0.4, 0.5) is 5.82 Å². The molecule has 0 unspecified atom stereocenters. The minimum atomic E-state index is 0.336. The van der Waals surface area contributed by atoms with Crippen molar-refractivity contribution in [3.63, 3.8) is 0 Å². The van der Waals surface area contributed by atoms with Crippen molar-refractivity contribution in [2.45, 2.75) is 32.1 Å². The monoisotopic (exact) mass is 279 g/mol. The van der Waals surface area contributed by atoms with Crippen LogP contribution >= 0.6 is 12.2 Å². The van der Waals surface area contributed by atoms with Crippen LogP contribution in [-0.4, -0.2) is 46.0 Å². The molecule has 3 heterocycles. The van der Waals surface area contributed by atoms with Crippen molar-refractivity contribution in [3.05, 3.63) is 11.3 Å². The molecule has 5 nitrogen and oxygen atoms in total. The van der Waals surface area contributed by atoms with Crippen LogP contribution in [0, 0.1) is 0 Å². The molecule has 2 aliphatic rings. The predicted octanol–water partition coefficient (Wildman–Crippen LogP) is 1.14. The maximum atomic E-state index is 5.76. The molecule has 0 bridgehead atoms. The molecule has 104 valence electrons. The Bertz CT molecular complexity index is 487. The molecule has 6 heteroatoms. The summed E-state index contributed by atoms with van der Waals surface area (Å²) in [6.07, 6.45) is 3.42. The van der Waals surface area contributed by atoms with Crippen molar-refractivity contribution in [3.8, 4) is 0 Å². The van der Waals surface area contributed by atoms with Crippen LogP contribution in [0.15, 0.2) is 0 Å². The van der Waals surface area contributed by atoms with Crippen molar-refractivity contribution >= 4 is 23.1 Å². The lowest BCUT2D eigenvalue weighted by Gasteiger charge is -2.30. The summed E-state index contributed by atoms with van der Waals surface area (Å²) >= 11 is 5.09. The van der Waals surface area contributed by atoms with Crippen molar-refractivity contribution in [1.82, 2.24) is 14.7 Å². The first-order valence-corrected chi connectivity index (χ1v) is 7.49. The molecule has 0 spiro atoms. The third-order valence-electron chi connectivity index (χ3n) is 4.31. The summed E-state index contributed by atoms with van der Waals surface area (Å²) in [4.78, 5) is 2.50. The smallest absolute Gasteiger partial charge is 0.193 e. The van der Waals surface area contributed by atoms with Gasteiger partial charge in [0.2, 0.25) is 0 Å². The Morgan fingerprint density at radius 2 is 2.21 bits per heavy atom. The van der Waals surface area contributed by atoms with E-state index in [0.29, 0.717) is 11.0 Å². The van der Waals surface area contributed by atoms with Gasteiger partial charge in [0, 0.05) is 18.0 Å². The van der Waals surface area contributed by atoms with E-state index in [4.69, 9.17) is 18.0 Å². The zero-order valence-corrected chi connectivity index (χ0v) is 12.2. The summed E-state index contributed by atoms with van der Waals surface area (Å²) in [5.74, 6) is 1.59. The van der Waals surface area contributed by atoms with Gasteiger partial charge < -0.3 is 16.0 Å². The molecule has 0 saturated carbocycles. The number of aromatic nitrogens is 2. The number of nitrogens with zero attached hydrogens (tertiary/aromatic N) is 3.